The zero-order valence-electron chi connectivity index (χ0n) is 4.91. The van der Waals surface area contributed by atoms with Crippen LogP contribution in [0.1, 0.15) is 0 Å². The summed E-state index contributed by atoms with van der Waals surface area (Å²) in [6.07, 6.45) is 8.53. The molecule has 0 spiro atoms. The van der Waals surface area contributed by atoms with Crippen molar-refractivity contribution in [1.82, 2.24) is 0 Å². The molecule has 0 saturated carbocycles. The van der Waals surface area contributed by atoms with Crippen molar-refractivity contribution in [2.75, 3.05) is 7.05 Å². The largest absolute Gasteiger partial charge is 0.405 e. The van der Waals surface area contributed by atoms with E-state index in [1.165, 1.54) is 6.20 Å². The topological polar surface area (TPSA) is 38.4 Å². The fourth-order valence-electron chi connectivity index (χ4n) is 0.264. The predicted molar refractivity (Wildman–Crippen MR) is 36.9 cm³/mol. The van der Waals surface area contributed by atoms with Crippen LogP contribution >= 0.6 is 0 Å². The van der Waals surface area contributed by atoms with Gasteiger partial charge in [0, 0.05) is 13.3 Å². The molecule has 0 aliphatic rings. The van der Waals surface area contributed by atoms with E-state index < -0.39 is 0 Å². The molecular formula is C6H10N2. The molecule has 0 atom stereocenters. The van der Waals surface area contributed by atoms with Crippen molar-refractivity contribution in [1.29, 1.82) is 0 Å². The minimum absolute atomic E-state index is 1.47. The Morgan fingerprint density at radius 1 is 1.25 bits per heavy atom. The molecule has 0 radical (unpaired) electrons. The summed E-state index contributed by atoms with van der Waals surface area (Å²) in [7, 11) is 1.72. The first-order valence-corrected chi connectivity index (χ1v) is 2.37. The van der Waals surface area contributed by atoms with Gasteiger partial charge in [-0.05, 0) is 18.4 Å². The molecule has 2 nitrogen and oxygen atoms in total. The van der Waals surface area contributed by atoms with Gasteiger partial charge in [0.25, 0.3) is 0 Å². The molecule has 0 aromatic heterocycles. The average molecular weight is 110 g/mol. The lowest BCUT2D eigenvalue weighted by atomic mass is 10.5. The molecule has 2 N–H and O–H groups in total. The summed E-state index contributed by atoms with van der Waals surface area (Å²) in [5, 5.41) is 0. The van der Waals surface area contributed by atoms with E-state index >= 15 is 0 Å². The SMILES string of the molecule is CN=C/C=C\C=C\N. The standard InChI is InChI=1S/C6H10N2/c1-8-6-4-2-3-5-7/h2-6H,7H2,1H3/b4-2-,5-3+,8-6?. The predicted octanol–water partition coefficient (Wildman–Crippen LogP) is 0.716. The Hall–Kier alpha value is -1.05. The minimum atomic E-state index is 1.47. The molecule has 2 heteroatoms. The number of allylic oxidation sites excluding steroid dienone is 3. The van der Waals surface area contributed by atoms with E-state index in [-0.39, 0.29) is 0 Å². The normalized spacial score (nSPS) is 12.6. The van der Waals surface area contributed by atoms with E-state index in [9.17, 15) is 0 Å². The summed E-state index contributed by atoms with van der Waals surface area (Å²) < 4.78 is 0. The number of nitrogens with two attached hydrogens (primary N) is 1. The Balaban J connectivity index is 3.35. The van der Waals surface area contributed by atoms with Gasteiger partial charge in [-0.1, -0.05) is 6.08 Å². The highest BCUT2D eigenvalue weighted by Crippen LogP contribution is 1.68. The summed E-state index contributed by atoms with van der Waals surface area (Å²) in [6, 6.07) is 0. The van der Waals surface area contributed by atoms with Crippen LogP contribution in [-0.2, 0) is 0 Å². The molecule has 0 fully saturated rings. The number of hydrogen-bond acceptors (Lipinski definition) is 2. The Labute approximate surface area is 49.4 Å². The fourth-order valence-corrected chi connectivity index (χ4v) is 0.264. The lowest BCUT2D eigenvalue weighted by molar-refractivity contribution is 1.48. The Kier molecular flexibility index (Phi) is 5.17. The molecule has 0 aromatic rings. The van der Waals surface area contributed by atoms with Crippen LogP contribution in [0.5, 0.6) is 0 Å². The molecule has 0 aliphatic carbocycles. The zero-order valence-corrected chi connectivity index (χ0v) is 4.91. The van der Waals surface area contributed by atoms with Gasteiger partial charge < -0.3 is 5.73 Å². The molecule has 0 bridgehead atoms. The monoisotopic (exact) mass is 110 g/mol. The van der Waals surface area contributed by atoms with E-state index in [1.54, 1.807) is 19.3 Å². The highest BCUT2D eigenvalue weighted by Gasteiger charge is 1.56. The van der Waals surface area contributed by atoms with Gasteiger partial charge in [-0.25, -0.2) is 0 Å². The second-order valence-corrected chi connectivity index (χ2v) is 1.18. The van der Waals surface area contributed by atoms with Crippen molar-refractivity contribution < 1.29 is 0 Å². The van der Waals surface area contributed by atoms with E-state index in [1.807, 2.05) is 12.2 Å². The highest BCUT2D eigenvalue weighted by molar-refractivity contribution is 5.71. The van der Waals surface area contributed by atoms with Crippen LogP contribution in [-0.4, -0.2) is 13.3 Å². The maximum absolute atomic E-state index is 5.03. The van der Waals surface area contributed by atoms with Crippen molar-refractivity contribution in [3.63, 3.8) is 0 Å². The molecular weight excluding hydrogens is 100 g/mol. The van der Waals surface area contributed by atoms with E-state index in [2.05, 4.69) is 4.99 Å². The third-order valence-electron chi connectivity index (χ3n) is 0.568. The van der Waals surface area contributed by atoms with E-state index in [4.69, 9.17) is 5.73 Å². The van der Waals surface area contributed by atoms with Crippen LogP contribution in [0.15, 0.2) is 29.4 Å². The smallest absolute Gasteiger partial charge is 0.0277 e. The molecule has 0 unspecified atom stereocenters. The van der Waals surface area contributed by atoms with Crippen LogP contribution < -0.4 is 5.73 Å². The summed E-state index contributed by atoms with van der Waals surface area (Å²) in [5.41, 5.74) is 5.03. The summed E-state index contributed by atoms with van der Waals surface area (Å²) in [5.74, 6) is 0. The minimum Gasteiger partial charge on any atom is -0.405 e. The van der Waals surface area contributed by atoms with E-state index in [0.717, 1.165) is 0 Å². The molecule has 0 heterocycles. The van der Waals surface area contributed by atoms with Crippen molar-refractivity contribution in [3.05, 3.63) is 24.4 Å². The number of aliphatic imine (C=N–C) groups is 1. The molecule has 0 aliphatic heterocycles. The van der Waals surface area contributed by atoms with Crippen LogP contribution in [0.25, 0.3) is 0 Å². The third-order valence-corrected chi connectivity index (χ3v) is 0.568. The Bertz CT molecular complexity index is 97.7. The summed E-state index contributed by atoms with van der Waals surface area (Å²) in [6.45, 7) is 0. The zero-order chi connectivity index (χ0) is 6.24. The molecule has 0 amide bonds. The second-order valence-electron chi connectivity index (χ2n) is 1.18. The van der Waals surface area contributed by atoms with Crippen LogP contribution in [0.4, 0.5) is 0 Å². The van der Waals surface area contributed by atoms with Crippen LogP contribution in [0.3, 0.4) is 0 Å². The number of rotatable bonds is 2. The quantitative estimate of drug-likeness (QED) is 0.412. The first kappa shape index (κ1) is 6.95. The molecule has 0 saturated heterocycles. The summed E-state index contributed by atoms with van der Waals surface area (Å²) >= 11 is 0. The molecule has 0 rings (SSSR count). The van der Waals surface area contributed by atoms with Gasteiger partial charge in [-0.2, -0.15) is 0 Å². The van der Waals surface area contributed by atoms with Crippen molar-refractivity contribution in [2.24, 2.45) is 10.7 Å². The lowest BCUT2D eigenvalue weighted by Gasteiger charge is -1.68. The lowest BCUT2D eigenvalue weighted by Crippen LogP contribution is -1.72. The maximum Gasteiger partial charge on any atom is 0.0277 e. The number of hydrogen-bond donors (Lipinski definition) is 1. The van der Waals surface area contributed by atoms with Gasteiger partial charge in [-0.15, -0.1) is 0 Å². The first-order valence-electron chi connectivity index (χ1n) is 2.37. The van der Waals surface area contributed by atoms with Gasteiger partial charge in [-0.3, -0.25) is 4.99 Å². The Morgan fingerprint density at radius 2 is 2.00 bits per heavy atom. The van der Waals surface area contributed by atoms with Gasteiger partial charge in [0.2, 0.25) is 0 Å². The first-order chi connectivity index (χ1) is 3.91. The molecule has 44 valence electrons. The Morgan fingerprint density at radius 3 is 2.50 bits per heavy atom. The van der Waals surface area contributed by atoms with Crippen molar-refractivity contribution in [2.45, 2.75) is 0 Å². The van der Waals surface area contributed by atoms with Gasteiger partial charge in [0.1, 0.15) is 0 Å². The molecule has 0 aromatic carbocycles. The highest BCUT2D eigenvalue weighted by atomic mass is 14.6. The fraction of sp³-hybridized carbons (Fsp3) is 0.167. The second kappa shape index (κ2) is 5.95. The van der Waals surface area contributed by atoms with E-state index in [0.29, 0.717) is 0 Å². The van der Waals surface area contributed by atoms with Crippen LogP contribution in [0, 0.1) is 0 Å². The van der Waals surface area contributed by atoms with Crippen LogP contribution in [0.2, 0.25) is 0 Å². The van der Waals surface area contributed by atoms with Crippen molar-refractivity contribution in [3.8, 4) is 0 Å². The maximum atomic E-state index is 5.03. The average Bonchev–Trinajstić information content (AvgIpc) is 1.81. The third kappa shape index (κ3) is 4.95. The van der Waals surface area contributed by atoms with Gasteiger partial charge >= 0.3 is 0 Å². The number of nitrogens with zero attached hydrogens (tertiary/aromatic N) is 1. The molecule has 8 heavy (non-hydrogen) atoms. The van der Waals surface area contributed by atoms with Gasteiger partial charge in [0.05, 0.1) is 0 Å². The van der Waals surface area contributed by atoms with Crippen molar-refractivity contribution >= 4 is 6.21 Å². The van der Waals surface area contributed by atoms with Gasteiger partial charge in [0.15, 0.2) is 0 Å². The summed E-state index contributed by atoms with van der Waals surface area (Å²) in [4.78, 5) is 3.72.